The molecule has 1 aliphatic heterocycles. The van der Waals surface area contributed by atoms with Gasteiger partial charge in [-0.3, -0.25) is 14.2 Å². The molecular weight excluding hydrogens is 248 g/mol. The van der Waals surface area contributed by atoms with Crippen LogP contribution in [0, 0.1) is 0 Å². The predicted molar refractivity (Wildman–Crippen MR) is 67.3 cm³/mol. The second-order valence-electron chi connectivity index (χ2n) is 5.44. The first-order valence-corrected chi connectivity index (χ1v) is 6.01. The van der Waals surface area contributed by atoms with Crippen LogP contribution >= 0.6 is 0 Å². The van der Waals surface area contributed by atoms with Gasteiger partial charge in [0.2, 0.25) is 0 Å². The first kappa shape index (κ1) is 13.3. The molecule has 0 fully saturated rings. The van der Waals surface area contributed by atoms with Gasteiger partial charge in [0.25, 0.3) is 5.91 Å². The van der Waals surface area contributed by atoms with Gasteiger partial charge >= 0.3 is 6.09 Å². The lowest BCUT2D eigenvalue weighted by molar-refractivity contribution is 0.0490. The molecule has 1 N–H and O–H groups in total. The minimum atomic E-state index is -0.676. The molecule has 1 aromatic rings. The molecule has 1 atom stereocenters. The summed E-state index contributed by atoms with van der Waals surface area (Å²) in [6, 6.07) is 2.62. The van der Waals surface area contributed by atoms with Crippen molar-refractivity contribution in [2.75, 3.05) is 0 Å². The average Bonchev–Trinajstić information content (AvgIpc) is 2.78. The molecule has 102 valence electrons. The predicted octanol–water partition coefficient (Wildman–Crippen LogP) is 1.39. The Balaban J connectivity index is 2.06. The first-order chi connectivity index (χ1) is 8.81. The summed E-state index contributed by atoms with van der Waals surface area (Å²) in [4.78, 5) is 34.5. The number of carbonyl (C=O) groups excluding carboxylic acids is 3. The summed E-state index contributed by atoms with van der Waals surface area (Å²) in [7, 11) is 0. The minimum Gasteiger partial charge on any atom is -0.444 e. The van der Waals surface area contributed by atoms with Crippen LogP contribution < -0.4 is 5.32 Å². The van der Waals surface area contributed by atoms with E-state index >= 15 is 0 Å². The Kier molecular flexibility index (Phi) is 3.18. The standard InChI is InChI=1S/C13H16N2O4/c1-13(2,3)19-12(18)14-10-6-8-4-5-9(7-16)15(8)11(10)17/h4-5,7,10H,6H2,1-3H3,(H,14,18). The number of nitrogens with one attached hydrogen (secondary N) is 1. The number of ether oxygens (including phenoxy) is 1. The zero-order valence-electron chi connectivity index (χ0n) is 11.1. The highest BCUT2D eigenvalue weighted by atomic mass is 16.6. The SMILES string of the molecule is CC(C)(C)OC(=O)NC1Cc2ccc(C=O)n2C1=O. The fraction of sp³-hybridized carbons (Fsp3) is 0.462. The highest BCUT2D eigenvalue weighted by Gasteiger charge is 2.34. The Labute approximate surface area is 110 Å². The van der Waals surface area contributed by atoms with E-state index in [1.807, 2.05) is 0 Å². The van der Waals surface area contributed by atoms with E-state index in [-0.39, 0.29) is 5.91 Å². The topological polar surface area (TPSA) is 77.4 Å². The molecule has 0 aromatic carbocycles. The van der Waals surface area contributed by atoms with E-state index in [4.69, 9.17) is 4.74 Å². The Morgan fingerprint density at radius 2 is 2.16 bits per heavy atom. The molecule has 0 bridgehead atoms. The zero-order chi connectivity index (χ0) is 14.2. The van der Waals surface area contributed by atoms with Gasteiger partial charge in [0.1, 0.15) is 11.6 Å². The summed E-state index contributed by atoms with van der Waals surface area (Å²) < 4.78 is 6.43. The smallest absolute Gasteiger partial charge is 0.408 e. The van der Waals surface area contributed by atoms with Gasteiger partial charge in [-0.15, -0.1) is 0 Å². The number of fused-ring (bicyclic) bond motifs is 1. The van der Waals surface area contributed by atoms with Crippen molar-refractivity contribution in [3.05, 3.63) is 23.5 Å². The van der Waals surface area contributed by atoms with E-state index in [9.17, 15) is 14.4 Å². The number of aldehydes is 1. The van der Waals surface area contributed by atoms with Crippen LogP contribution in [0.5, 0.6) is 0 Å². The highest BCUT2D eigenvalue weighted by Crippen LogP contribution is 2.19. The number of carbonyl (C=O) groups is 3. The Morgan fingerprint density at radius 1 is 1.47 bits per heavy atom. The number of alkyl carbamates (subject to hydrolysis) is 1. The van der Waals surface area contributed by atoms with Gasteiger partial charge in [0.05, 0.1) is 5.69 Å². The van der Waals surface area contributed by atoms with Crippen molar-refractivity contribution < 1.29 is 19.1 Å². The maximum absolute atomic E-state index is 12.1. The molecule has 6 heteroatoms. The maximum atomic E-state index is 12.1. The normalized spacial score (nSPS) is 18.1. The summed E-state index contributed by atoms with van der Waals surface area (Å²) in [5.74, 6) is -0.312. The highest BCUT2D eigenvalue weighted by molar-refractivity contribution is 5.95. The third kappa shape index (κ3) is 2.67. The lowest BCUT2D eigenvalue weighted by Crippen LogP contribution is -2.43. The molecule has 1 amide bonds. The fourth-order valence-electron chi connectivity index (χ4n) is 2.03. The number of hydrogen-bond acceptors (Lipinski definition) is 4. The zero-order valence-corrected chi connectivity index (χ0v) is 11.1. The fourth-order valence-corrected chi connectivity index (χ4v) is 2.03. The molecular formula is C13H16N2O4. The molecule has 0 radical (unpaired) electrons. The van der Waals surface area contributed by atoms with Crippen LogP contribution in [0.4, 0.5) is 4.79 Å². The molecule has 19 heavy (non-hydrogen) atoms. The van der Waals surface area contributed by atoms with Crippen LogP contribution in [0.15, 0.2) is 12.1 Å². The quantitative estimate of drug-likeness (QED) is 0.819. The van der Waals surface area contributed by atoms with Gasteiger partial charge < -0.3 is 10.1 Å². The maximum Gasteiger partial charge on any atom is 0.408 e. The van der Waals surface area contributed by atoms with Crippen molar-refractivity contribution in [1.29, 1.82) is 0 Å². The summed E-state index contributed by atoms with van der Waals surface area (Å²) in [5, 5.41) is 2.52. The van der Waals surface area contributed by atoms with Crippen molar-refractivity contribution in [3.8, 4) is 0 Å². The van der Waals surface area contributed by atoms with Gasteiger partial charge in [0.15, 0.2) is 6.29 Å². The van der Waals surface area contributed by atoms with Crippen LogP contribution in [-0.4, -0.2) is 34.5 Å². The summed E-state index contributed by atoms with van der Waals surface area (Å²) >= 11 is 0. The molecule has 0 spiro atoms. The van der Waals surface area contributed by atoms with Crippen LogP contribution in [0.1, 0.15) is 41.7 Å². The van der Waals surface area contributed by atoms with E-state index in [0.717, 1.165) is 0 Å². The Hall–Kier alpha value is -2.11. The minimum absolute atomic E-state index is 0.300. The first-order valence-electron chi connectivity index (χ1n) is 6.01. The monoisotopic (exact) mass is 264 g/mol. The van der Waals surface area contributed by atoms with Gasteiger partial charge in [-0.25, -0.2) is 4.79 Å². The van der Waals surface area contributed by atoms with Crippen molar-refractivity contribution in [1.82, 2.24) is 9.88 Å². The second-order valence-corrected chi connectivity index (χ2v) is 5.44. The number of nitrogens with zero attached hydrogens (tertiary/aromatic N) is 1. The van der Waals surface area contributed by atoms with Crippen molar-refractivity contribution in [2.45, 2.75) is 38.8 Å². The Morgan fingerprint density at radius 3 is 2.74 bits per heavy atom. The Bertz CT molecular complexity index is 539. The second kappa shape index (κ2) is 4.53. The van der Waals surface area contributed by atoms with Gasteiger partial charge in [-0.1, -0.05) is 0 Å². The largest absolute Gasteiger partial charge is 0.444 e. The van der Waals surface area contributed by atoms with Crippen molar-refractivity contribution in [3.63, 3.8) is 0 Å². The molecule has 1 unspecified atom stereocenters. The number of aromatic nitrogens is 1. The van der Waals surface area contributed by atoms with Crippen LogP contribution in [0.3, 0.4) is 0 Å². The van der Waals surface area contributed by atoms with E-state index in [2.05, 4.69) is 5.32 Å². The summed E-state index contributed by atoms with van der Waals surface area (Å²) in [6.07, 6.45) is 0.354. The van der Waals surface area contributed by atoms with Crippen molar-refractivity contribution in [2.24, 2.45) is 0 Å². The van der Waals surface area contributed by atoms with Gasteiger partial charge in [-0.2, -0.15) is 0 Å². The molecule has 6 nitrogen and oxygen atoms in total. The molecule has 0 saturated carbocycles. The third-order valence-electron chi connectivity index (χ3n) is 2.74. The summed E-state index contributed by atoms with van der Waals surface area (Å²) in [5.41, 5.74) is 0.399. The number of rotatable bonds is 2. The molecule has 0 aliphatic carbocycles. The molecule has 1 aliphatic rings. The van der Waals surface area contributed by atoms with Crippen molar-refractivity contribution >= 4 is 18.3 Å². The lowest BCUT2D eigenvalue weighted by atomic mass is 10.2. The van der Waals surface area contributed by atoms with Gasteiger partial charge in [0, 0.05) is 12.1 Å². The number of amides is 1. The van der Waals surface area contributed by atoms with Crippen LogP contribution in [-0.2, 0) is 11.2 Å². The van der Waals surface area contributed by atoms with Crippen LogP contribution in [0.2, 0.25) is 0 Å². The summed E-state index contributed by atoms with van der Waals surface area (Å²) in [6.45, 7) is 5.24. The third-order valence-corrected chi connectivity index (χ3v) is 2.74. The average molecular weight is 264 g/mol. The van der Waals surface area contributed by atoms with E-state index in [1.54, 1.807) is 32.9 Å². The van der Waals surface area contributed by atoms with E-state index < -0.39 is 17.7 Å². The van der Waals surface area contributed by atoms with Crippen LogP contribution in [0.25, 0.3) is 0 Å². The molecule has 2 rings (SSSR count). The molecule has 2 heterocycles. The number of hydrogen-bond donors (Lipinski definition) is 1. The molecule has 0 saturated heterocycles. The van der Waals surface area contributed by atoms with E-state index in [0.29, 0.717) is 24.1 Å². The van der Waals surface area contributed by atoms with Gasteiger partial charge in [-0.05, 0) is 32.9 Å². The lowest BCUT2D eigenvalue weighted by Gasteiger charge is -2.21. The molecule has 1 aromatic heterocycles. The van der Waals surface area contributed by atoms with E-state index in [1.165, 1.54) is 4.57 Å².